The Morgan fingerprint density at radius 1 is 1.20 bits per heavy atom. The highest BCUT2D eigenvalue weighted by Gasteiger charge is 2.09. The van der Waals surface area contributed by atoms with Crippen molar-refractivity contribution < 1.29 is 4.79 Å². The first-order valence-electron chi connectivity index (χ1n) is 6.04. The van der Waals surface area contributed by atoms with Crippen LogP contribution in [0.5, 0.6) is 0 Å². The smallest absolute Gasteiger partial charge is 0.270 e. The molecule has 0 aliphatic heterocycles. The van der Waals surface area contributed by atoms with Crippen LogP contribution < -0.4 is 16.2 Å². The van der Waals surface area contributed by atoms with Gasteiger partial charge in [0.2, 0.25) is 0 Å². The summed E-state index contributed by atoms with van der Waals surface area (Å²) in [5.74, 6) is -0.197. The molecular weight excluding hydrogens is 290 g/mol. The number of aryl methyl sites for hydroxylation is 2. The van der Waals surface area contributed by atoms with Gasteiger partial charge < -0.3 is 5.32 Å². The van der Waals surface area contributed by atoms with Crippen LogP contribution in [-0.2, 0) is 0 Å². The zero-order valence-corrected chi connectivity index (χ0v) is 12.8. The zero-order chi connectivity index (χ0) is 14.5. The van der Waals surface area contributed by atoms with Gasteiger partial charge in [-0.05, 0) is 55.2 Å². The molecule has 0 saturated heterocycles. The lowest BCUT2D eigenvalue weighted by atomic mass is 10.2. The molecule has 1 amide bonds. The molecule has 0 saturated carbocycles. The Kier molecular flexibility index (Phi) is 4.70. The summed E-state index contributed by atoms with van der Waals surface area (Å²) in [7, 11) is 0. The number of hydrazine groups is 1. The van der Waals surface area contributed by atoms with Gasteiger partial charge in [-0.2, -0.15) is 0 Å². The highest BCUT2D eigenvalue weighted by Crippen LogP contribution is 2.14. The number of carbonyl (C=O) groups is 1. The van der Waals surface area contributed by atoms with Crippen molar-refractivity contribution in [2.45, 2.75) is 13.8 Å². The van der Waals surface area contributed by atoms with E-state index in [1.807, 2.05) is 43.5 Å². The van der Waals surface area contributed by atoms with Crippen molar-refractivity contribution in [3.05, 3.63) is 51.7 Å². The second kappa shape index (κ2) is 6.49. The van der Waals surface area contributed by atoms with Gasteiger partial charge in [0, 0.05) is 10.6 Å². The number of benzene rings is 1. The number of anilines is 1. The zero-order valence-electron chi connectivity index (χ0n) is 11.2. The van der Waals surface area contributed by atoms with Crippen molar-refractivity contribution in [3.63, 3.8) is 0 Å². The lowest BCUT2D eigenvalue weighted by Crippen LogP contribution is -2.43. The van der Waals surface area contributed by atoms with E-state index in [1.54, 1.807) is 6.07 Å². The van der Waals surface area contributed by atoms with E-state index in [4.69, 9.17) is 12.2 Å². The van der Waals surface area contributed by atoms with Crippen LogP contribution in [0.4, 0.5) is 5.69 Å². The summed E-state index contributed by atoms with van der Waals surface area (Å²) >= 11 is 6.66. The molecule has 6 heteroatoms. The van der Waals surface area contributed by atoms with E-state index in [9.17, 15) is 4.79 Å². The van der Waals surface area contributed by atoms with Crippen LogP contribution in [0, 0.1) is 13.8 Å². The molecule has 0 radical (unpaired) electrons. The topological polar surface area (TPSA) is 53.2 Å². The molecule has 1 aromatic heterocycles. The molecule has 104 valence electrons. The number of thiophene rings is 1. The molecule has 0 unspecified atom stereocenters. The maximum Gasteiger partial charge on any atom is 0.270 e. The van der Waals surface area contributed by atoms with E-state index in [1.165, 1.54) is 11.3 Å². The molecule has 4 nitrogen and oxygen atoms in total. The molecule has 0 atom stereocenters. The van der Waals surface area contributed by atoms with Gasteiger partial charge in [0.05, 0.1) is 5.56 Å². The van der Waals surface area contributed by atoms with Crippen molar-refractivity contribution in [3.8, 4) is 0 Å². The molecule has 3 N–H and O–H groups in total. The molecule has 0 spiro atoms. The molecule has 20 heavy (non-hydrogen) atoms. The Morgan fingerprint density at radius 3 is 2.65 bits per heavy atom. The third-order valence-electron chi connectivity index (χ3n) is 2.67. The number of hydrogen-bond acceptors (Lipinski definition) is 3. The summed E-state index contributed by atoms with van der Waals surface area (Å²) in [4.78, 5) is 12.9. The minimum absolute atomic E-state index is 0.197. The Labute approximate surface area is 127 Å². The predicted molar refractivity (Wildman–Crippen MR) is 87.1 cm³/mol. The summed E-state index contributed by atoms with van der Waals surface area (Å²) in [6.45, 7) is 3.91. The Balaban J connectivity index is 1.87. The Hall–Kier alpha value is -1.92. The first-order chi connectivity index (χ1) is 9.56. The van der Waals surface area contributed by atoms with Gasteiger partial charge in [-0.15, -0.1) is 11.3 Å². The fourth-order valence-corrected chi connectivity index (χ4v) is 2.55. The van der Waals surface area contributed by atoms with Crippen molar-refractivity contribution in [2.24, 2.45) is 0 Å². The quantitative estimate of drug-likeness (QED) is 0.590. The van der Waals surface area contributed by atoms with Gasteiger partial charge in [0.1, 0.15) is 0 Å². The van der Waals surface area contributed by atoms with Crippen molar-refractivity contribution in [2.75, 3.05) is 5.32 Å². The van der Waals surface area contributed by atoms with E-state index in [2.05, 4.69) is 16.2 Å². The van der Waals surface area contributed by atoms with E-state index in [-0.39, 0.29) is 5.91 Å². The molecule has 0 aliphatic rings. The van der Waals surface area contributed by atoms with E-state index in [0.717, 1.165) is 16.1 Å². The van der Waals surface area contributed by atoms with Crippen LogP contribution >= 0.6 is 23.6 Å². The minimum atomic E-state index is -0.197. The van der Waals surface area contributed by atoms with Crippen LogP contribution in [0.3, 0.4) is 0 Å². The number of thiocarbonyl (C=S) groups is 1. The second-order valence-corrected chi connectivity index (χ2v) is 5.82. The maximum absolute atomic E-state index is 11.9. The summed E-state index contributed by atoms with van der Waals surface area (Å²) in [5, 5.41) is 5.23. The summed E-state index contributed by atoms with van der Waals surface area (Å²) in [5.41, 5.74) is 7.93. The van der Waals surface area contributed by atoms with Gasteiger partial charge >= 0.3 is 0 Å². The first-order valence-corrected chi connectivity index (χ1v) is 7.33. The number of amides is 1. The number of nitrogens with one attached hydrogen (secondary N) is 3. The third-order valence-corrected chi connectivity index (χ3v) is 3.72. The van der Waals surface area contributed by atoms with Crippen LogP contribution in [0.1, 0.15) is 20.8 Å². The molecule has 0 aliphatic carbocycles. The number of carbonyl (C=O) groups excluding carboxylic acids is 1. The fraction of sp³-hybridized carbons (Fsp3) is 0.143. The summed E-state index contributed by atoms with van der Waals surface area (Å²) < 4.78 is 0. The summed E-state index contributed by atoms with van der Waals surface area (Å²) in [6, 6.07) is 9.61. The first kappa shape index (κ1) is 14.5. The highest BCUT2D eigenvalue weighted by atomic mass is 32.1. The highest BCUT2D eigenvalue weighted by molar-refractivity contribution is 7.80. The maximum atomic E-state index is 11.9. The third kappa shape index (κ3) is 3.79. The molecule has 1 heterocycles. The molecule has 2 aromatic rings. The second-order valence-electron chi connectivity index (χ2n) is 4.29. The molecule has 1 aromatic carbocycles. The Bertz CT molecular complexity index is 637. The molecule has 2 rings (SSSR count). The summed E-state index contributed by atoms with van der Waals surface area (Å²) in [6.07, 6.45) is 0. The average molecular weight is 305 g/mol. The molecule has 0 bridgehead atoms. The van der Waals surface area contributed by atoms with Crippen molar-refractivity contribution in [1.82, 2.24) is 10.9 Å². The van der Waals surface area contributed by atoms with E-state index >= 15 is 0 Å². The van der Waals surface area contributed by atoms with Crippen LogP contribution in [0.25, 0.3) is 0 Å². The van der Waals surface area contributed by atoms with Crippen LogP contribution in [0.2, 0.25) is 0 Å². The predicted octanol–water partition coefficient (Wildman–Crippen LogP) is 3.00. The number of rotatable bonds is 2. The van der Waals surface area contributed by atoms with E-state index < -0.39 is 0 Å². The average Bonchev–Trinajstić information content (AvgIpc) is 2.82. The van der Waals surface area contributed by atoms with Gasteiger partial charge in [-0.3, -0.25) is 15.6 Å². The van der Waals surface area contributed by atoms with Gasteiger partial charge in [0.15, 0.2) is 5.11 Å². The lowest BCUT2D eigenvalue weighted by Gasteiger charge is -2.11. The van der Waals surface area contributed by atoms with E-state index in [0.29, 0.717) is 10.7 Å². The Morgan fingerprint density at radius 2 is 2.00 bits per heavy atom. The van der Waals surface area contributed by atoms with Crippen LogP contribution in [0.15, 0.2) is 35.7 Å². The standard InChI is InChI=1S/C14H15N3OS2/c1-9-4-3-5-11(8-9)15-14(19)17-16-13(18)12-6-7-20-10(12)2/h3-8H,1-2H3,(H,16,18)(H2,15,17,19). The van der Waals surface area contributed by atoms with Crippen molar-refractivity contribution in [1.29, 1.82) is 0 Å². The fourth-order valence-electron chi connectivity index (χ4n) is 1.69. The molecule has 0 fully saturated rings. The minimum Gasteiger partial charge on any atom is -0.331 e. The van der Waals surface area contributed by atoms with Gasteiger partial charge in [0.25, 0.3) is 5.91 Å². The van der Waals surface area contributed by atoms with Gasteiger partial charge in [-0.1, -0.05) is 12.1 Å². The van der Waals surface area contributed by atoms with Crippen molar-refractivity contribution >= 4 is 40.3 Å². The lowest BCUT2D eigenvalue weighted by molar-refractivity contribution is 0.0944. The van der Waals surface area contributed by atoms with Gasteiger partial charge in [-0.25, -0.2) is 0 Å². The van der Waals surface area contributed by atoms with Crippen LogP contribution in [-0.4, -0.2) is 11.0 Å². The molecular formula is C14H15N3OS2. The number of hydrogen-bond donors (Lipinski definition) is 3. The SMILES string of the molecule is Cc1cccc(NC(=S)NNC(=O)c2ccsc2C)c1. The largest absolute Gasteiger partial charge is 0.331 e. The monoisotopic (exact) mass is 305 g/mol. The normalized spacial score (nSPS) is 9.90.